The van der Waals surface area contributed by atoms with E-state index in [4.69, 9.17) is 4.42 Å². The van der Waals surface area contributed by atoms with Gasteiger partial charge in [0.1, 0.15) is 11.2 Å². The SMILES string of the molecule is c1ccc(-c2ccc(N(c3ccc(-c4cccc5ccccc45)cc3)c3ccc(-c4ccccc4-n4c5ccccc5c5ccccc54)cc3-c3ccc4c(c3)oc3ccccc34)cc2)cc1. The van der Waals surface area contributed by atoms with Gasteiger partial charge in [-0.15, -0.1) is 0 Å². The molecule has 2 aromatic heterocycles. The van der Waals surface area contributed by atoms with Crippen LogP contribution in [0.4, 0.5) is 17.1 Å². The molecule has 13 aromatic rings. The zero-order chi connectivity index (χ0) is 44.3. The lowest BCUT2D eigenvalue weighted by molar-refractivity contribution is 0.669. The summed E-state index contributed by atoms with van der Waals surface area (Å²) in [5.41, 5.74) is 17.6. The van der Waals surface area contributed by atoms with Gasteiger partial charge in [0.05, 0.1) is 22.4 Å². The van der Waals surface area contributed by atoms with Gasteiger partial charge in [-0.2, -0.15) is 0 Å². The molecule has 0 aliphatic heterocycles. The number of para-hydroxylation sites is 4. The Bertz CT molecular complexity index is 3910. The molecule has 0 amide bonds. The van der Waals surface area contributed by atoms with Gasteiger partial charge < -0.3 is 13.9 Å². The Labute approximate surface area is 388 Å². The molecule has 0 aliphatic carbocycles. The molecule has 0 atom stereocenters. The first-order chi connectivity index (χ1) is 33.2. The molecular formula is C64H42N2O. The van der Waals surface area contributed by atoms with Crippen molar-refractivity contribution in [1.82, 2.24) is 4.57 Å². The van der Waals surface area contributed by atoms with Crippen LogP contribution in [0, 0.1) is 0 Å². The third-order valence-corrected chi connectivity index (χ3v) is 13.4. The number of furan rings is 1. The highest BCUT2D eigenvalue weighted by Gasteiger charge is 2.22. The van der Waals surface area contributed by atoms with E-state index in [0.717, 1.165) is 66.9 Å². The Morgan fingerprint density at radius 1 is 0.299 bits per heavy atom. The van der Waals surface area contributed by atoms with E-state index in [-0.39, 0.29) is 0 Å². The van der Waals surface area contributed by atoms with Gasteiger partial charge in [0.25, 0.3) is 0 Å². The predicted molar refractivity (Wildman–Crippen MR) is 282 cm³/mol. The number of hydrogen-bond donors (Lipinski definition) is 0. The van der Waals surface area contributed by atoms with Crippen LogP contribution in [0.5, 0.6) is 0 Å². The molecule has 2 heterocycles. The third-order valence-electron chi connectivity index (χ3n) is 13.4. The summed E-state index contributed by atoms with van der Waals surface area (Å²) in [6, 6.07) is 92.0. The molecule has 0 bridgehead atoms. The molecule has 0 spiro atoms. The van der Waals surface area contributed by atoms with Crippen LogP contribution < -0.4 is 4.90 Å². The highest BCUT2D eigenvalue weighted by Crippen LogP contribution is 2.46. The summed E-state index contributed by atoms with van der Waals surface area (Å²) < 4.78 is 9.00. The van der Waals surface area contributed by atoms with Crippen LogP contribution in [0.2, 0.25) is 0 Å². The summed E-state index contributed by atoms with van der Waals surface area (Å²) in [6.45, 7) is 0. The van der Waals surface area contributed by atoms with E-state index >= 15 is 0 Å². The van der Waals surface area contributed by atoms with Gasteiger partial charge in [-0.3, -0.25) is 0 Å². The maximum Gasteiger partial charge on any atom is 0.136 e. The van der Waals surface area contributed by atoms with Gasteiger partial charge in [-0.1, -0.05) is 182 Å². The minimum atomic E-state index is 0.860. The average Bonchev–Trinajstić information content (AvgIpc) is 3.95. The van der Waals surface area contributed by atoms with Crippen LogP contribution in [0.3, 0.4) is 0 Å². The van der Waals surface area contributed by atoms with Crippen LogP contribution in [0.15, 0.2) is 259 Å². The van der Waals surface area contributed by atoms with E-state index in [1.807, 2.05) is 6.07 Å². The minimum absolute atomic E-state index is 0.860. The molecule has 13 rings (SSSR count). The Balaban J connectivity index is 1.03. The Kier molecular flexibility index (Phi) is 9.17. The van der Waals surface area contributed by atoms with Crippen molar-refractivity contribution in [3.63, 3.8) is 0 Å². The maximum absolute atomic E-state index is 6.57. The van der Waals surface area contributed by atoms with E-state index in [2.05, 4.69) is 258 Å². The van der Waals surface area contributed by atoms with Crippen molar-refractivity contribution in [2.75, 3.05) is 4.90 Å². The number of benzene rings is 11. The zero-order valence-corrected chi connectivity index (χ0v) is 36.6. The second-order valence-electron chi connectivity index (χ2n) is 17.2. The van der Waals surface area contributed by atoms with E-state index in [1.54, 1.807) is 0 Å². The molecule has 0 saturated carbocycles. The molecule has 0 unspecified atom stereocenters. The Morgan fingerprint density at radius 3 is 1.58 bits per heavy atom. The topological polar surface area (TPSA) is 21.3 Å². The fourth-order valence-corrected chi connectivity index (χ4v) is 10.2. The third kappa shape index (κ3) is 6.59. The Morgan fingerprint density at radius 2 is 0.821 bits per heavy atom. The van der Waals surface area contributed by atoms with E-state index in [0.29, 0.717) is 0 Å². The van der Waals surface area contributed by atoms with Crippen molar-refractivity contribution < 1.29 is 4.42 Å². The van der Waals surface area contributed by atoms with Crippen LogP contribution in [0.25, 0.3) is 105 Å². The van der Waals surface area contributed by atoms with Gasteiger partial charge in [-0.05, 0) is 117 Å². The molecule has 0 saturated heterocycles. The molecule has 3 nitrogen and oxygen atoms in total. The quantitative estimate of drug-likeness (QED) is 0.152. The maximum atomic E-state index is 6.57. The number of rotatable bonds is 8. The van der Waals surface area contributed by atoms with E-state index in [9.17, 15) is 0 Å². The van der Waals surface area contributed by atoms with Crippen molar-refractivity contribution >= 4 is 71.6 Å². The standard InChI is InChI=1S/C64H42N2O/c1-2-15-43(16-3-1)44-29-35-49(36-30-44)65(50-37-31-46(32-38-50)52-24-14-18-45-17-4-5-19-51(45)52)62-40-34-47(41-58(62)48-33-39-57-56-23-9-13-28-63(56)67-64(57)42-48)53-20-6-10-25-59(53)66-60-26-11-7-21-54(60)55-22-8-12-27-61(55)66/h1-42H. The largest absolute Gasteiger partial charge is 0.456 e. The van der Waals surface area contributed by atoms with Crippen molar-refractivity contribution in [1.29, 1.82) is 0 Å². The second-order valence-corrected chi connectivity index (χ2v) is 17.2. The first-order valence-electron chi connectivity index (χ1n) is 22.9. The highest BCUT2D eigenvalue weighted by atomic mass is 16.3. The lowest BCUT2D eigenvalue weighted by Crippen LogP contribution is -2.11. The fraction of sp³-hybridized carbons (Fsp3) is 0. The van der Waals surface area contributed by atoms with Crippen molar-refractivity contribution in [2.24, 2.45) is 0 Å². The van der Waals surface area contributed by atoms with E-state index < -0.39 is 0 Å². The monoisotopic (exact) mass is 854 g/mol. The molecule has 0 fully saturated rings. The summed E-state index contributed by atoms with van der Waals surface area (Å²) in [5, 5.41) is 7.17. The van der Waals surface area contributed by atoms with Crippen molar-refractivity contribution in [2.45, 2.75) is 0 Å². The summed E-state index contributed by atoms with van der Waals surface area (Å²) in [4.78, 5) is 2.41. The summed E-state index contributed by atoms with van der Waals surface area (Å²) in [7, 11) is 0. The second kappa shape index (κ2) is 16.0. The van der Waals surface area contributed by atoms with Crippen molar-refractivity contribution in [3.05, 3.63) is 255 Å². The van der Waals surface area contributed by atoms with Crippen LogP contribution in [-0.4, -0.2) is 4.57 Å². The first-order valence-corrected chi connectivity index (χ1v) is 22.9. The van der Waals surface area contributed by atoms with Gasteiger partial charge in [-0.25, -0.2) is 0 Å². The molecule has 11 aromatic carbocycles. The molecule has 3 heteroatoms. The lowest BCUT2D eigenvalue weighted by Gasteiger charge is -2.29. The zero-order valence-electron chi connectivity index (χ0n) is 36.6. The summed E-state index contributed by atoms with van der Waals surface area (Å²) in [5.74, 6) is 0. The lowest BCUT2D eigenvalue weighted by atomic mass is 9.94. The van der Waals surface area contributed by atoms with Gasteiger partial charge in [0.2, 0.25) is 0 Å². The number of aromatic nitrogens is 1. The summed E-state index contributed by atoms with van der Waals surface area (Å²) in [6.07, 6.45) is 0. The Hall–Kier alpha value is -8.92. The molecule has 0 N–H and O–H groups in total. The van der Waals surface area contributed by atoms with Crippen LogP contribution in [-0.2, 0) is 0 Å². The number of hydrogen-bond acceptors (Lipinski definition) is 2. The van der Waals surface area contributed by atoms with Crippen LogP contribution >= 0.6 is 0 Å². The number of fused-ring (bicyclic) bond motifs is 7. The van der Waals surface area contributed by atoms with E-state index in [1.165, 1.54) is 54.8 Å². The van der Waals surface area contributed by atoms with Gasteiger partial charge in [0, 0.05) is 44.0 Å². The fourth-order valence-electron chi connectivity index (χ4n) is 10.2. The molecule has 67 heavy (non-hydrogen) atoms. The normalized spacial score (nSPS) is 11.6. The van der Waals surface area contributed by atoms with Crippen LogP contribution in [0.1, 0.15) is 0 Å². The predicted octanol–water partition coefficient (Wildman–Crippen LogP) is 18.0. The average molecular weight is 855 g/mol. The molecule has 0 radical (unpaired) electrons. The highest BCUT2D eigenvalue weighted by molar-refractivity contribution is 6.10. The van der Waals surface area contributed by atoms with Gasteiger partial charge >= 0.3 is 0 Å². The first kappa shape index (κ1) is 38.5. The minimum Gasteiger partial charge on any atom is -0.456 e. The molecule has 0 aliphatic rings. The van der Waals surface area contributed by atoms with Crippen molar-refractivity contribution in [3.8, 4) is 50.2 Å². The number of nitrogens with zero attached hydrogens (tertiary/aromatic N) is 2. The smallest absolute Gasteiger partial charge is 0.136 e. The molecular weight excluding hydrogens is 813 g/mol. The van der Waals surface area contributed by atoms with Gasteiger partial charge in [0.15, 0.2) is 0 Å². The number of anilines is 3. The molecule has 314 valence electrons. The summed E-state index contributed by atoms with van der Waals surface area (Å²) >= 11 is 0.